The monoisotopic (exact) mass is 378 g/mol. The van der Waals surface area contributed by atoms with Crippen molar-refractivity contribution in [2.45, 2.75) is 88.8 Å². The van der Waals surface area contributed by atoms with Gasteiger partial charge >= 0.3 is 12.1 Å². The van der Waals surface area contributed by atoms with Gasteiger partial charge in [0.05, 0.1) is 6.04 Å². The third kappa shape index (κ3) is 2.32. The average molecular weight is 378 g/mol. The average Bonchev–Trinajstić information content (AvgIpc) is 3.25. The van der Waals surface area contributed by atoms with E-state index >= 15 is 0 Å². The Morgan fingerprint density at radius 1 is 1.19 bits per heavy atom. The summed E-state index contributed by atoms with van der Waals surface area (Å²) in [6, 6.07) is -0.908. The number of carbonyl (C=O) groups is 3. The Kier molecular flexibility index (Phi) is 3.51. The number of imide groups is 1. The summed E-state index contributed by atoms with van der Waals surface area (Å²) in [6.45, 7) is 5.33. The number of hydrogen-bond donors (Lipinski definition) is 0. The molecule has 2 amide bonds. The Hall–Kier alpha value is -1.67. The van der Waals surface area contributed by atoms with Crippen LogP contribution in [0.2, 0.25) is 0 Å². The first-order valence-corrected chi connectivity index (χ1v) is 9.97. The summed E-state index contributed by atoms with van der Waals surface area (Å²) < 4.78 is 11.2. The molecule has 0 unspecified atom stereocenters. The minimum absolute atomic E-state index is 0.241. The molecule has 0 aromatic carbocycles. The number of rotatable bonds is 0. The van der Waals surface area contributed by atoms with Gasteiger partial charge in [0.2, 0.25) is 5.91 Å². The molecule has 1 spiro atoms. The summed E-state index contributed by atoms with van der Waals surface area (Å²) >= 11 is 0. The largest absolute Gasteiger partial charge is 0.443 e. The van der Waals surface area contributed by atoms with Crippen molar-refractivity contribution in [3.8, 4) is 0 Å². The lowest BCUT2D eigenvalue weighted by Crippen LogP contribution is -2.53. The molecule has 2 bridgehead atoms. The van der Waals surface area contributed by atoms with Crippen LogP contribution in [0.4, 0.5) is 4.79 Å². The molecular weight excluding hydrogens is 352 g/mol. The number of likely N-dealkylation sites (tertiary alicyclic amines) is 1. The number of carbonyl (C=O) groups excluding carboxylic acids is 3. The van der Waals surface area contributed by atoms with Crippen LogP contribution in [0.1, 0.15) is 59.3 Å². The number of ether oxygens (including phenoxy) is 2. The van der Waals surface area contributed by atoms with E-state index in [0.29, 0.717) is 6.42 Å². The maximum atomic E-state index is 12.9. The predicted molar refractivity (Wildman–Crippen MR) is 90.9 cm³/mol. The third-order valence-corrected chi connectivity index (χ3v) is 6.62. The molecule has 27 heavy (non-hydrogen) atoms. The van der Waals surface area contributed by atoms with Crippen LogP contribution in [0.25, 0.3) is 0 Å². The molecular formula is C19H26N2O6. The first-order chi connectivity index (χ1) is 12.7. The minimum Gasteiger partial charge on any atom is -0.443 e. The lowest BCUT2D eigenvalue weighted by atomic mass is 9.85. The Bertz CT molecular complexity index is 709. The molecule has 2 saturated carbocycles. The van der Waals surface area contributed by atoms with Gasteiger partial charge in [-0.05, 0) is 40.0 Å². The van der Waals surface area contributed by atoms with E-state index in [1.807, 2.05) is 0 Å². The van der Waals surface area contributed by atoms with Crippen LogP contribution < -0.4 is 0 Å². The van der Waals surface area contributed by atoms with E-state index in [1.54, 1.807) is 25.8 Å². The van der Waals surface area contributed by atoms with Crippen molar-refractivity contribution in [1.29, 1.82) is 0 Å². The number of amides is 2. The normalized spacial score (nSPS) is 39.7. The zero-order chi connectivity index (χ0) is 19.1. The molecule has 0 radical (unpaired) electrons. The van der Waals surface area contributed by atoms with Crippen LogP contribution in [0.5, 0.6) is 0 Å². The van der Waals surface area contributed by atoms with Gasteiger partial charge in [0, 0.05) is 24.7 Å². The van der Waals surface area contributed by atoms with Gasteiger partial charge in [-0.1, -0.05) is 6.42 Å². The van der Waals surface area contributed by atoms with Crippen molar-refractivity contribution in [2.24, 2.45) is 11.8 Å². The van der Waals surface area contributed by atoms with Crippen molar-refractivity contribution in [3.05, 3.63) is 0 Å². The number of hydroxylamine groups is 2. The van der Waals surface area contributed by atoms with Crippen molar-refractivity contribution < 1.29 is 28.7 Å². The van der Waals surface area contributed by atoms with E-state index in [2.05, 4.69) is 0 Å². The molecule has 0 aromatic rings. The third-order valence-electron chi connectivity index (χ3n) is 6.62. The predicted octanol–water partition coefficient (Wildman–Crippen LogP) is 1.97. The van der Waals surface area contributed by atoms with Crippen molar-refractivity contribution in [1.82, 2.24) is 9.96 Å². The number of fused-ring (bicyclic) bond motifs is 8. The van der Waals surface area contributed by atoms with Gasteiger partial charge in [-0.2, -0.15) is 0 Å². The van der Waals surface area contributed by atoms with Crippen LogP contribution in [0.3, 0.4) is 0 Å². The smallest absolute Gasteiger partial charge is 0.417 e. The summed E-state index contributed by atoms with van der Waals surface area (Å²) in [7, 11) is 0. The second kappa shape index (κ2) is 5.44. The second-order valence-corrected chi connectivity index (χ2v) is 9.44. The highest BCUT2D eigenvalue weighted by molar-refractivity contribution is 5.97. The summed E-state index contributed by atoms with van der Waals surface area (Å²) in [5, 5.41) is 1.74. The van der Waals surface area contributed by atoms with E-state index in [-0.39, 0.29) is 29.9 Å². The molecule has 0 aromatic heterocycles. The van der Waals surface area contributed by atoms with E-state index < -0.39 is 29.4 Å². The van der Waals surface area contributed by atoms with E-state index in [4.69, 9.17) is 14.3 Å². The Morgan fingerprint density at radius 3 is 2.56 bits per heavy atom. The fourth-order valence-electron chi connectivity index (χ4n) is 5.65. The summed E-state index contributed by atoms with van der Waals surface area (Å²) in [4.78, 5) is 45.6. The fraction of sp³-hybridized carbons (Fsp3) is 0.842. The standard InChI is InChI=1S/C19H26N2O6/c1-18(2,3)26-17(24)20-11-9-10(15(20)22)12-13-16(23)25-19(7-5-4-6-8-19)21(13)27-14(11)12/h10-14H,4-9H2,1-3H3/t10-,11+,12-,13+,14-/m1/s1. The summed E-state index contributed by atoms with van der Waals surface area (Å²) in [6.07, 6.45) is 4.18. The number of nitrogens with zero attached hydrogens (tertiary/aromatic N) is 2. The van der Waals surface area contributed by atoms with Crippen molar-refractivity contribution in [2.75, 3.05) is 0 Å². The van der Waals surface area contributed by atoms with Gasteiger partial charge in [0.25, 0.3) is 0 Å². The van der Waals surface area contributed by atoms with Gasteiger partial charge in [-0.25, -0.2) is 9.69 Å². The maximum absolute atomic E-state index is 12.9. The van der Waals surface area contributed by atoms with Gasteiger partial charge < -0.3 is 9.47 Å². The molecule has 3 saturated heterocycles. The number of hydrogen-bond acceptors (Lipinski definition) is 7. The molecule has 5 atom stereocenters. The lowest BCUT2D eigenvalue weighted by molar-refractivity contribution is -0.274. The molecule has 148 valence electrons. The molecule has 3 aliphatic heterocycles. The lowest BCUT2D eigenvalue weighted by Gasteiger charge is -2.38. The Balaban J connectivity index is 1.42. The van der Waals surface area contributed by atoms with Crippen molar-refractivity contribution in [3.63, 3.8) is 0 Å². The van der Waals surface area contributed by atoms with Crippen LogP contribution >= 0.6 is 0 Å². The van der Waals surface area contributed by atoms with Crippen LogP contribution in [-0.2, 0) is 23.9 Å². The van der Waals surface area contributed by atoms with Crippen LogP contribution in [0.15, 0.2) is 0 Å². The molecule has 3 heterocycles. The van der Waals surface area contributed by atoms with E-state index in [9.17, 15) is 14.4 Å². The molecule has 8 heteroatoms. The van der Waals surface area contributed by atoms with Crippen LogP contribution in [0, 0.1) is 11.8 Å². The van der Waals surface area contributed by atoms with Gasteiger partial charge in [-0.15, -0.1) is 5.06 Å². The highest BCUT2D eigenvalue weighted by atomic mass is 16.8. The summed E-state index contributed by atoms with van der Waals surface area (Å²) in [5.74, 6) is -1.17. The number of piperidine rings is 1. The maximum Gasteiger partial charge on any atom is 0.417 e. The highest BCUT2D eigenvalue weighted by Gasteiger charge is 2.73. The van der Waals surface area contributed by atoms with Crippen LogP contribution in [-0.4, -0.2) is 57.4 Å². The molecule has 8 nitrogen and oxygen atoms in total. The topological polar surface area (TPSA) is 85.4 Å². The fourth-order valence-corrected chi connectivity index (χ4v) is 5.65. The first-order valence-electron chi connectivity index (χ1n) is 9.97. The molecule has 5 rings (SSSR count). The molecule has 0 N–H and O–H groups in total. The Labute approximate surface area is 158 Å². The SMILES string of the molecule is CC(C)(C)OC(=O)N1C(=O)[C@@H]2C[C@H]1[C@H]1ON3[C@H](C(=O)OC34CCCCC4)[C@H]12. The molecule has 5 fully saturated rings. The quantitative estimate of drug-likeness (QED) is 0.596. The number of esters is 1. The molecule has 5 aliphatic rings. The zero-order valence-corrected chi connectivity index (χ0v) is 16.0. The Morgan fingerprint density at radius 2 is 1.89 bits per heavy atom. The highest BCUT2D eigenvalue weighted by Crippen LogP contribution is 2.57. The van der Waals surface area contributed by atoms with Gasteiger partial charge in [0.1, 0.15) is 17.7 Å². The van der Waals surface area contributed by atoms with E-state index in [0.717, 1.165) is 32.1 Å². The van der Waals surface area contributed by atoms with Crippen molar-refractivity contribution >= 4 is 18.0 Å². The first kappa shape index (κ1) is 17.4. The van der Waals surface area contributed by atoms with E-state index in [1.165, 1.54) is 4.90 Å². The summed E-state index contributed by atoms with van der Waals surface area (Å²) in [5.41, 5.74) is -1.37. The van der Waals surface area contributed by atoms with Gasteiger partial charge in [0.15, 0.2) is 5.72 Å². The van der Waals surface area contributed by atoms with Gasteiger partial charge in [-0.3, -0.25) is 14.4 Å². The zero-order valence-electron chi connectivity index (χ0n) is 16.0. The second-order valence-electron chi connectivity index (χ2n) is 9.44. The molecule has 2 aliphatic carbocycles. The minimum atomic E-state index is -0.691.